The Morgan fingerprint density at radius 3 is 2.60 bits per heavy atom. The summed E-state index contributed by atoms with van der Waals surface area (Å²) in [5, 5.41) is 0. The molecule has 0 heterocycles. The second-order valence-corrected chi connectivity index (χ2v) is 4.56. The highest BCUT2D eigenvalue weighted by Gasteiger charge is 2.01. The molecule has 1 aromatic rings. The zero-order valence-electron chi connectivity index (χ0n) is 8.28. The fraction of sp³-hybridized carbons (Fsp3) is 0.143. The second kappa shape index (κ2) is 5.00. The predicted molar refractivity (Wildman–Crippen MR) is 67.9 cm³/mol. The molecule has 74 valence electrons. The molecule has 0 bridgehead atoms. The Labute approximate surface area is 98.8 Å². The van der Waals surface area contributed by atoms with Gasteiger partial charge in [-0.2, -0.15) is 0 Å². The lowest BCUT2D eigenvalue weighted by molar-refractivity contribution is 1.06. The molecule has 0 amide bonds. The molecule has 0 saturated heterocycles. The van der Waals surface area contributed by atoms with Gasteiger partial charge in [0, 0.05) is 16.0 Å². The molecule has 0 aromatic heterocycles. The summed E-state index contributed by atoms with van der Waals surface area (Å²) in [6, 6.07) is 10.1. The molecule has 1 aliphatic rings. The molecule has 1 unspecified atom stereocenters. The zero-order chi connectivity index (χ0) is 10.5. The molecule has 0 N–H and O–H groups in total. The Kier molecular flexibility index (Phi) is 3.42. The highest BCUT2D eigenvalue weighted by molar-refractivity contribution is 9.09. The van der Waals surface area contributed by atoms with Gasteiger partial charge < -0.3 is 0 Å². The summed E-state index contributed by atoms with van der Waals surface area (Å²) < 4.78 is 0. The van der Waals surface area contributed by atoms with E-state index in [1.54, 1.807) is 0 Å². The van der Waals surface area contributed by atoms with Crippen LogP contribution >= 0.6 is 15.9 Å². The lowest BCUT2D eigenvalue weighted by Crippen LogP contribution is -1.95. The molecular weight excluding hydrogens is 248 g/mol. The van der Waals surface area contributed by atoms with Gasteiger partial charge in [-0.25, -0.2) is 0 Å². The van der Waals surface area contributed by atoms with Gasteiger partial charge in [-0.05, 0) is 24.6 Å². The van der Waals surface area contributed by atoms with Crippen molar-refractivity contribution in [2.45, 2.75) is 11.2 Å². The standard InChI is InChI=1S/C14H11Br/c15-14-10-8-13(9-11-14)7-6-12-4-2-1-3-5-12/h1-5,8-10,14H,11H2. The topological polar surface area (TPSA) is 0 Å². The molecule has 2 rings (SSSR count). The fourth-order valence-corrected chi connectivity index (χ4v) is 1.69. The number of hydrogen-bond donors (Lipinski definition) is 0. The third kappa shape index (κ3) is 3.11. The van der Waals surface area contributed by atoms with Gasteiger partial charge in [0.15, 0.2) is 0 Å². The zero-order valence-corrected chi connectivity index (χ0v) is 9.87. The highest BCUT2D eigenvalue weighted by Crippen LogP contribution is 2.16. The van der Waals surface area contributed by atoms with Gasteiger partial charge in [0.05, 0.1) is 0 Å². The van der Waals surface area contributed by atoms with E-state index in [2.05, 4.69) is 46.0 Å². The average molecular weight is 259 g/mol. The lowest BCUT2D eigenvalue weighted by Gasteiger charge is -2.05. The van der Waals surface area contributed by atoms with Gasteiger partial charge in [-0.3, -0.25) is 0 Å². The molecule has 0 aliphatic heterocycles. The van der Waals surface area contributed by atoms with E-state index >= 15 is 0 Å². The van der Waals surface area contributed by atoms with Crippen LogP contribution in [0.25, 0.3) is 0 Å². The molecule has 0 saturated carbocycles. The number of alkyl halides is 1. The summed E-state index contributed by atoms with van der Waals surface area (Å²) in [6.45, 7) is 0. The van der Waals surface area contributed by atoms with E-state index in [1.165, 1.54) is 0 Å². The van der Waals surface area contributed by atoms with E-state index < -0.39 is 0 Å². The van der Waals surface area contributed by atoms with Gasteiger partial charge in [-0.1, -0.05) is 58.1 Å². The third-order valence-electron chi connectivity index (χ3n) is 2.17. The van der Waals surface area contributed by atoms with Crippen molar-refractivity contribution in [1.29, 1.82) is 0 Å². The first-order chi connectivity index (χ1) is 7.34. The molecule has 0 radical (unpaired) electrons. The van der Waals surface area contributed by atoms with Crippen LogP contribution in [0.2, 0.25) is 0 Å². The molecular formula is C14H11Br. The van der Waals surface area contributed by atoms with Crippen LogP contribution < -0.4 is 0 Å². The molecule has 1 atom stereocenters. The minimum absolute atomic E-state index is 0.472. The Morgan fingerprint density at radius 2 is 1.93 bits per heavy atom. The van der Waals surface area contributed by atoms with Crippen LogP contribution in [0.15, 0.2) is 54.1 Å². The Morgan fingerprint density at radius 1 is 1.13 bits per heavy atom. The van der Waals surface area contributed by atoms with E-state index in [0.29, 0.717) is 4.83 Å². The van der Waals surface area contributed by atoms with E-state index in [4.69, 9.17) is 0 Å². The van der Waals surface area contributed by atoms with Crippen LogP contribution in [0.4, 0.5) is 0 Å². The van der Waals surface area contributed by atoms with Crippen molar-refractivity contribution in [3.05, 3.63) is 59.7 Å². The average Bonchev–Trinajstić information content (AvgIpc) is 2.30. The van der Waals surface area contributed by atoms with E-state index in [0.717, 1.165) is 17.6 Å². The van der Waals surface area contributed by atoms with Crippen LogP contribution in [0.3, 0.4) is 0 Å². The summed E-state index contributed by atoms with van der Waals surface area (Å²) in [5.41, 5.74) is 2.17. The first-order valence-corrected chi connectivity index (χ1v) is 5.86. The van der Waals surface area contributed by atoms with Gasteiger partial charge in [0.2, 0.25) is 0 Å². The summed E-state index contributed by atoms with van der Waals surface area (Å²) >= 11 is 3.53. The smallest absolute Gasteiger partial charge is 0.0363 e. The summed E-state index contributed by atoms with van der Waals surface area (Å²) in [6.07, 6.45) is 7.39. The van der Waals surface area contributed by atoms with E-state index in [1.807, 2.05) is 30.3 Å². The number of benzene rings is 1. The number of halogens is 1. The van der Waals surface area contributed by atoms with Crippen LogP contribution in [-0.2, 0) is 0 Å². The van der Waals surface area contributed by atoms with Gasteiger partial charge in [0.25, 0.3) is 0 Å². The monoisotopic (exact) mass is 258 g/mol. The number of rotatable bonds is 0. The van der Waals surface area contributed by atoms with Crippen LogP contribution in [0, 0.1) is 11.8 Å². The quantitative estimate of drug-likeness (QED) is 0.492. The third-order valence-corrected chi connectivity index (χ3v) is 2.85. The van der Waals surface area contributed by atoms with Crippen molar-refractivity contribution in [2.75, 3.05) is 0 Å². The fourth-order valence-electron chi connectivity index (χ4n) is 1.35. The lowest BCUT2D eigenvalue weighted by atomic mass is 10.1. The maximum atomic E-state index is 3.53. The van der Waals surface area contributed by atoms with Crippen LogP contribution in [0.5, 0.6) is 0 Å². The summed E-state index contributed by atoms with van der Waals surface area (Å²) in [4.78, 5) is 0.472. The molecule has 1 aromatic carbocycles. The normalized spacial score (nSPS) is 19.0. The largest absolute Gasteiger partial charge is 0.0842 e. The number of allylic oxidation sites excluding steroid dienone is 4. The summed E-state index contributed by atoms with van der Waals surface area (Å²) in [7, 11) is 0. The Bertz CT molecular complexity index is 443. The van der Waals surface area contributed by atoms with Crippen molar-refractivity contribution >= 4 is 15.9 Å². The van der Waals surface area contributed by atoms with Crippen molar-refractivity contribution < 1.29 is 0 Å². The maximum Gasteiger partial charge on any atom is 0.0363 e. The van der Waals surface area contributed by atoms with Gasteiger partial charge in [0.1, 0.15) is 0 Å². The van der Waals surface area contributed by atoms with Gasteiger partial charge >= 0.3 is 0 Å². The second-order valence-electron chi connectivity index (χ2n) is 3.39. The molecule has 15 heavy (non-hydrogen) atoms. The predicted octanol–water partition coefficient (Wildman–Crippen LogP) is 3.69. The first kappa shape index (κ1) is 10.3. The Balaban J connectivity index is 2.11. The van der Waals surface area contributed by atoms with Crippen molar-refractivity contribution in [2.24, 2.45) is 0 Å². The van der Waals surface area contributed by atoms with E-state index in [-0.39, 0.29) is 0 Å². The SMILES string of the molecule is BrC1C=CC(C#Cc2ccccc2)=CC1. The minimum atomic E-state index is 0.472. The minimum Gasteiger partial charge on any atom is -0.0842 e. The molecule has 1 heteroatoms. The highest BCUT2D eigenvalue weighted by atomic mass is 79.9. The van der Waals surface area contributed by atoms with Crippen LogP contribution in [0.1, 0.15) is 12.0 Å². The first-order valence-electron chi connectivity index (χ1n) is 4.94. The molecule has 1 aliphatic carbocycles. The maximum absolute atomic E-state index is 3.53. The number of hydrogen-bond acceptors (Lipinski definition) is 0. The van der Waals surface area contributed by atoms with Crippen molar-refractivity contribution in [3.63, 3.8) is 0 Å². The summed E-state index contributed by atoms with van der Waals surface area (Å²) in [5.74, 6) is 6.31. The Hall–Kier alpha value is -1.26. The van der Waals surface area contributed by atoms with Crippen LogP contribution in [-0.4, -0.2) is 4.83 Å². The molecule has 0 spiro atoms. The van der Waals surface area contributed by atoms with Gasteiger partial charge in [-0.15, -0.1) is 0 Å². The van der Waals surface area contributed by atoms with Crippen molar-refractivity contribution in [1.82, 2.24) is 0 Å². The molecule has 0 nitrogen and oxygen atoms in total. The van der Waals surface area contributed by atoms with Crippen molar-refractivity contribution in [3.8, 4) is 11.8 Å². The van der Waals surface area contributed by atoms with E-state index in [9.17, 15) is 0 Å². The molecule has 0 fully saturated rings.